The number of hydrogen-bond donors (Lipinski definition) is 0. The molecule has 140 valence electrons. The maximum Gasteiger partial charge on any atom is 0.246 e. The zero-order chi connectivity index (χ0) is 19.1. The van der Waals surface area contributed by atoms with Crippen molar-refractivity contribution in [3.05, 3.63) is 81.9 Å². The van der Waals surface area contributed by atoms with Gasteiger partial charge in [-0.05, 0) is 29.3 Å². The Labute approximate surface area is 170 Å². The minimum Gasteiger partial charge on any atom is -0.337 e. The fraction of sp³-hybridized carbons (Fsp3) is 0.227. The molecule has 0 unspecified atom stereocenters. The number of halogens is 2. The molecule has 0 spiro atoms. The molecule has 0 bridgehead atoms. The van der Waals surface area contributed by atoms with Crippen molar-refractivity contribution in [2.45, 2.75) is 0 Å². The van der Waals surface area contributed by atoms with Gasteiger partial charge in [0.05, 0.1) is 10.0 Å². The SMILES string of the molecule is O=C(C=Cc1ccc(Cl)c(Cl)c1)N1CCN(CC=Cc2ccccc2)CC1. The molecule has 0 saturated carbocycles. The van der Waals surface area contributed by atoms with Crippen LogP contribution in [0.4, 0.5) is 0 Å². The molecule has 2 aromatic rings. The van der Waals surface area contributed by atoms with Crippen LogP contribution in [0, 0.1) is 0 Å². The highest BCUT2D eigenvalue weighted by molar-refractivity contribution is 6.42. The number of hydrogen-bond acceptors (Lipinski definition) is 2. The first kappa shape index (κ1) is 19.7. The van der Waals surface area contributed by atoms with E-state index < -0.39 is 0 Å². The summed E-state index contributed by atoms with van der Waals surface area (Å²) in [5.41, 5.74) is 2.07. The molecule has 3 rings (SSSR count). The Morgan fingerprint density at radius 2 is 1.63 bits per heavy atom. The maximum absolute atomic E-state index is 12.4. The van der Waals surface area contributed by atoms with Gasteiger partial charge < -0.3 is 4.90 Å². The first-order valence-electron chi connectivity index (χ1n) is 8.98. The molecule has 0 N–H and O–H groups in total. The number of carbonyl (C=O) groups excluding carboxylic acids is 1. The van der Waals surface area contributed by atoms with E-state index in [1.165, 1.54) is 5.56 Å². The van der Waals surface area contributed by atoms with Crippen molar-refractivity contribution in [3.63, 3.8) is 0 Å². The van der Waals surface area contributed by atoms with Crippen LogP contribution in [0.25, 0.3) is 12.2 Å². The largest absolute Gasteiger partial charge is 0.337 e. The Balaban J connectivity index is 1.45. The molecule has 3 nitrogen and oxygen atoms in total. The van der Waals surface area contributed by atoms with Crippen molar-refractivity contribution in [1.82, 2.24) is 9.80 Å². The summed E-state index contributed by atoms with van der Waals surface area (Å²) in [4.78, 5) is 16.6. The Hall–Kier alpha value is -2.07. The highest BCUT2D eigenvalue weighted by Gasteiger charge is 2.18. The molecule has 0 aliphatic carbocycles. The first-order valence-corrected chi connectivity index (χ1v) is 9.73. The van der Waals surface area contributed by atoms with Crippen LogP contribution in [-0.4, -0.2) is 48.4 Å². The van der Waals surface area contributed by atoms with Gasteiger partial charge in [0.25, 0.3) is 0 Å². The summed E-state index contributed by atoms with van der Waals surface area (Å²) in [5.74, 6) is 0.0283. The Morgan fingerprint density at radius 1 is 0.889 bits per heavy atom. The van der Waals surface area contributed by atoms with Crippen molar-refractivity contribution in [3.8, 4) is 0 Å². The predicted molar refractivity (Wildman–Crippen MR) is 114 cm³/mol. The van der Waals surface area contributed by atoms with E-state index in [0.29, 0.717) is 10.0 Å². The number of piperazine rings is 1. The fourth-order valence-electron chi connectivity index (χ4n) is 2.94. The van der Waals surface area contributed by atoms with Gasteiger partial charge >= 0.3 is 0 Å². The van der Waals surface area contributed by atoms with E-state index in [2.05, 4.69) is 29.2 Å². The highest BCUT2D eigenvalue weighted by Crippen LogP contribution is 2.23. The Morgan fingerprint density at radius 3 is 2.33 bits per heavy atom. The molecule has 1 saturated heterocycles. The average molecular weight is 401 g/mol. The molecule has 1 fully saturated rings. The van der Waals surface area contributed by atoms with E-state index in [-0.39, 0.29) is 5.91 Å². The number of rotatable bonds is 5. The average Bonchev–Trinajstić information content (AvgIpc) is 2.70. The smallest absolute Gasteiger partial charge is 0.246 e. The second kappa shape index (κ2) is 9.75. The van der Waals surface area contributed by atoms with Crippen LogP contribution in [0.3, 0.4) is 0 Å². The van der Waals surface area contributed by atoms with E-state index >= 15 is 0 Å². The molecule has 0 radical (unpaired) electrons. The fourth-order valence-corrected chi connectivity index (χ4v) is 3.25. The van der Waals surface area contributed by atoms with E-state index in [1.54, 1.807) is 24.3 Å². The third-order valence-corrected chi connectivity index (χ3v) is 5.26. The molecular weight excluding hydrogens is 379 g/mol. The minimum absolute atomic E-state index is 0.0283. The number of amides is 1. The van der Waals surface area contributed by atoms with Crippen molar-refractivity contribution in [2.75, 3.05) is 32.7 Å². The molecule has 1 aliphatic rings. The number of nitrogens with zero attached hydrogens (tertiary/aromatic N) is 2. The van der Waals surface area contributed by atoms with E-state index in [4.69, 9.17) is 23.2 Å². The molecule has 1 amide bonds. The van der Waals surface area contributed by atoms with Crippen LogP contribution in [0.1, 0.15) is 11.1 Å². The topological polar surface area (TPSA) is 23.6 Å². The highest BCUT2D eigenvalue weighted by atomic mass is 35.5. The quantitative estimate of drug-likeness (QED) is 0.668. The second-order valence-corrected chi connectivity index (χ2v) is 7.26. The summed E-state index contributed by atoms with van der Waals surface area (Å²) in [7, 11) is 0. The van der Waals surface area contributed by atoms with Crippen molar-refractivity contribution >= 4 is 41.3 Å². The monoisotopic (exact) mass is 400 g/mol. The van der Waals surface area contributed by atoms with Crippen LogP contribution >= 0.6 is 23.2 Å². The van der Waals surface area contributed by atoms with Gasteiger partial charge in [-0.25, -0.2) is 0 Å². The van der Waals surface area contributed by atoms with Gasteiger partial charge in [-0.15, -0.1) is 0 Å². The number of carbonyl (C=O) groups is 1. The number of benzene rings is 2. The first-order chi connectivity index (χ1) is 13.1. The normalized spacial score (nSPS) is 15.7. The summed E-state index contributed by atoms with van der Waals surface area (Å²) >= 11 is 11.9. The van der Waals surface area contributed by atoms with Gasteiger partial charge in [-0.2, -0.15) is 0 Å². The van der Waals surface area contributed by atoms with Gasteiger partial charge in [-0.1, -0.05) is 71.8 Å². The summed E-state index contributed by atoms with van der Waals surface area (Å²) in [6.07, 6.45) is 7.69. The second-order valence-electron chi connectivity index (χ2n) is 6.45. The van der Waals surface area contributed by atoms with Crippen LogP contribution in [-0.2, 0) is 4.79 Å². The van der Waals surface area contributed by atoms with Gasteiger partial charge in [-0.3, -0.25) is 9.69 Å². The Bertz CT molecular complexity index is 825. The molecule has 1 heterocycles. The van der Waals surface area contributed by atoms with E-state index in [0.717, 1.165) is 38.3 Å². The van der Waals surface area contributed by atoms with Gasteiger partial charge in [0, 0.05) is 38.8 Å². The van der Waals surface area contributed by atoms with E-state index in [9.17, 15) is 4.79 Å². The van der Waals surface area contributed by atoms with Crippen molar-refractivity contribution in [1.29, 1.82) is 0 Å². The van der Waals surface area contributed by atoms with Crippen molar-refractivity contribution < 1.29 is 4.79 Å². The standard InChI is InChI=1S/C22H22Cl2N2O/c23-20-10-8-19(17-21(20)24)9-11-22(27)26-15-13-25(14-16-26)12-4-7-18-5-2-1-3-6-18/h1-11,17H,12-16H2. The zero-order valence-electron chi connectivity index (χ0n) is 15.0. The van der Waals surface area contributed by atoms with Gasteiger partial charge in [0.15, 0.2) is 0 Å². The summed E-state index contributed by atoms with van der Waals surface area (Å²) < 4.78 is 0. The lowest BCUT2D eigenvalue weighted by Crippen LogP contribution is -2.48. The molecule has 5 heteroatoms. The summed E-state index contributed by atoms with van der Waals surface area (Å²) in [6, 6.07) is 15.6. The van der Waals surface area contributed by atoms with E-state index in [1.807, 2.05) is 29.2 Å². The summed E-state index contributed by atoms with van der Waals surface area (Å²) in [6.45, 7) is 4.14. The van der Waals surface area contributed by atoms with Crippen LogP contribution in [0.2, 0.25) is 10.0 Å². The molecule has 0 atom stereocenters. The van der Waals surface area contributed by atoms with Crippen LogP contribution in [0.5, 0.6) is 0 Å². The molecule has 0 aromatic heterocycles. The lowest BCUT2D eigenvalue weighted by atomic mass is 10.2. The molecular formula is C22H22Cl2N2O. The summed E-state index contributed by atoms with van der Waals surface area (Å²) in [5, 5.41) is 1.00. The lowest BCUT2D eigenvalue weighted by molar-refractivity contribution is -0.127. The lowest BCUT2D eigenvalue weighted by Gasteiger charge is -2.33. The predicted octanol–water partition coefficient (Wildman–Crippen LogP) is 4.86. The minimum atomic E-state index is 0.0283. The molecule has 2 aromatic carbocycles. The van der Waals surface area contributed by atoms with Crippen molar-refractivity contribution in [2.24, 2.45) is 0 Å². The third-order valence-electron chi connectivity index (χ3n) is 4.52. The molecule has 1 aliphatic heterocycles. The zero-order valence-corrected chi connectivity index (χ0v) is 16.5. The third kappa shape index (κ3) is 5.96. The van der Waals surface area contributed by atoms with Crippen LogP contribution in [0.15, 0.2) is 60.7 Å². The maximum atomic E-state index is 12.4. The van der Waals surface area contributed by atoms with Crippen LogP contribution < -0.4 is 0 Å². The molecule has 27 heavy (non-hydrogen) atoms. The van der Waals surface area contributed by atoms with Gasteiger partial charge in [0.2, 0.25) is 5.91 Å². The van der Waals surface area contributed by atoms with Gasteiger partial charge in [0.1, 0.15) is 0 Å². The Kier molecular flexibility index (Phi) is 7.11.